The number of amides is 2. The third kappa shape index (κ3) is 3.00. The van der Waals surface area contributed by atoms with E-state index in [9.17, 15) is 9.59 Å². The third-order valence-corrected chi connectivity index (χ3v) is 3.75. The smallest absolute Gasteiger partial charge is 0.251 e. The van der Waals surface area contributed by atoms with Gasteiger partial charge in [0.2, 0.25) is 5.91 Å². The van der Waals surface area contributed by atoms with Crippen LogP contribution in [0.3, 0.4) is 0 Å². The van der Waals surface area contributed by atoms with Crippen LogP contribution in [0, 0.1) is 0 Å². The van der Waals surface area contributed by atoms with Crippen LogP contribution in [0.1, 0.15) is 12.0 Å². The molecule has 0 spiro atoms. The molecule has 1 fully saturated rings. The second-order valence-corrected chi connectivity index (χ2v) is 5.48. The molecule has 6 heteroatoms. The van der Waals surface area contributed by atoms with E-state index in [1.807, 2.05) is 12.1 Å². The Morgan fingerprint density at radius 2 is 2.00 bits per heavy atom. The van der Waals surface area contributed by atoms with Crippen LogP contribution < -0.4 is 10.2 Å². The zero-order valence-electron chi connectivity index (χ0n) is 11.7. The molecule has 22 heavy (non-hydrogen) atoms. The Bertz CT molecular complexity index is 706. The van der Waals surface area contributed by atoms with Gasteiger partial charge in [-0.2, -0.15) is 0 Å². The molecule has 112 valence electrons. The zero-order valence-corrected chi connectivity index (χ0v) is 12.5. The highest BCUT2D eigenvalue weighted by atomic mass is 35.5. The van der Waals surface area contributed by atoms with E-state index in [-0.39, 0.29) is 18.2 Å². The number of hydrogen-bond donors (Lipinski definition) is 1. The SMILES string of the molecule is O=C1CC(NCc2ccncc2)C(=O)N1c1cccc(Cl)c1. The van der Waals surface area contributed by atoms with Crippen LogP contribution in [0.15, 0.2) is 48.8 Å². The molecule has 0 radical (unpaired) electrons. The highest BCUT2D eigenvalue weighted by Gasteiger charge is 2.39. The van der Waals surface area contributed by atoms with Crippen molar-refractivity contribution in [3.63, 3.8) is 0 Å². The maximum atomic E-state index is 12.4. The lowest BCUT2D eigenvalue weighted by Gasteiger charge is -2.15. The zero-order chi connectivity index (χ0) is 15.5. The number of nitrogens with one attached hydrogen (secondary N) is 1. The van der Waals surface area contributed by atoms with Crippen molar-refractivity contribution < 1.29 is 9.59 Å². The van der Waals surface area contributed by atoms with E-state index in [0.29, 0.717) is 17.3 Å². The number of carbonyl (C=O) groups is 2. The first-order valence-electron chi connectivity index (χ1n) is 6.90. The van der Waals surface area contributed by atoms with Gasteiger partial charge in [-0.15, -0.1) is 0 Å². The molecule has 1 aromatic heterocycles. The van der Waals surface area contributed by atoms with E-state index < -0.39 is 6.04 Å². The molecule has 1 saturated heterocycles. The molecule has 2 amide bonds. The Hall–Kier alpha value is -2.24. The molecule has 0 saturated carbocycles. The van der Waals surface area contributed by atoms with Crippen LogP contribution in [-0.2, 0) is 16.1 Å². The van der Waals surface area contributed by atoms with Crippen molar-refractivity contribution in [3.05, 3.63) is 59.4 Å². The fraction of sp³-hybridized carbons (Fsp3) is 0.188. The van der Waals surface area contributed by atoms with Gasteiger partial charge in [-0.3, -0.25) is 14.6 Å². The van der Waals surface area contributed by atoms with Gasteiger partial charge in [0, 0.05) is 24.0 Å². The predicted octanol–water partition coefficient (Wildman–Crippen LogP) is 2.16. The van der Waals surface area contributed by atoms with Gasteiger partial charge >= 0.3 is 0 Å². The van der Waals surface area contributed by atoms with Crippen molar-refractivity contribution in [1.29, 1.82) is 0 Å². The van der Waals surface area contributed by atoms with Crippen LogP contribution in [0.4, 0.5) is 5.69 Å². The van der Waals surface area contributed by atoms with Gasteiger partial charge < -0.3 is 5.32 Å². The quantitative estimate of drug-likeness (QED) is 0.878. The minimum Gasteiger partial charge on any atom is -0.301 e. The van der Waals surface area contributed by atoms with Gasteiger partial charge in [-0.1, -0.05) is 17.7 Å². The standard InChI is InChI=1S/C16H14ClN3O2/c17-12-2-1-3-13(8-12)20-15(21)9-14(16(20)22)19-10-11-4-6-18-7-5-11/h1-8,14,19H,9-10H2. The lowest BCUT2D eigenvalue weighted by molar-refractivity contribution is -0.121. The lowest BCUT2D eigenvalue weighted by atomic mass is 10.2. The average Bonchev–Trinajstić information content (AvgIpc) is 2.80. The first kappa shape index (κ1) is 14.7. The molecule has 3 rings (SSSR count). The van der Waals surface area contributed by atoms with Crippen molar-refractivity contribution in [3.8, 4) is 0 Å². The summed E-state index contributed by atoms with van der Waals surface area (Å²) >= 11 is 5.93. The van der Waals surface area contributed by atoms with E-state index in [1.54, 1.807) is 36.7 Å². The van der Waals surface area contributed by atoms with Crippen LogP contribution in [0.25, 0.3) is 0 Å². The number of hydrogen-bond acceptors (Lipinski definition) is 4. The first-order valence-corrected chi connectivity index (χ1v) is 7.27. The van der Waals surface area contributed by atoms with Crippen LogP contribution in [0.2, 0.25) is 5.02 Å². The number of carbonyl (C=O) groups excluding carboxylic acids is 2. The van der Waals surface area contributed by atoms with Gasteiger partial charge in [-0.25, -0.2) is 4.90 Å². The maximum absolute atomic E-state index is 12.4. The van der Waals surface area contributed by atoms with Crippen LogP contribution in [0.5, 0.6) is 0 Å². The van der Waals surface area contributed by atoms with E-state index in [4.69, 9.17) is 11.6 Å². The second-order valence-electron chi connectivity index (χ2n) is 5.04. The third-order valence-electron chi connectivity index (χ3n) is 3.51. The molecule has 5 nitrogen and oxygen atoms in total. The molecule has 1 aromatic carbocycles. The highest BCUT2D eigenvalue weighted by molar-refractivity contribution is 6.31. The van der Waals surface area contributed by atoms with E-state index in [1.165, 1.54) is 4.90 Å². The van der Waals surface area contributed by atoms with Gasteiger partial charge in [0.25, 0.3) is 5.91 Å². The topological polar surface area (TPSA) is 62.3 Å². The Balaban J connectivity index is 1.71. The van der Waals surface area contributed by atoms with Gasteiger partial charge in [-0.05, 0) is 35.9 Å². The number of rotatable bonds is 4. The van der Waals surface area contributed by atoms with Crippen molar-refractivity contribution in [2.75, 3.05) is 4.90 Å². The van der Waals surface area contributed by atoms with Crippen molar-refractivity contribution >= 4 is 29.1 Å². The summed E-state index contributed by atoms with van der Waals surface area (Å²) in [5.41, 5.74) is 1.52. The summed E-state index contributed by atoms with van der Waals surface area (Å²) in [6, 6.07) is 9.95. The molecule has 1 N–H and O–H groups in total. The van der Waals surface area contributed by atoms with Crippen LogP contribution in [-0.4, -0.2) is 22.8 Å². The molecule has 1 aliphatic rings. The minimum absolute atomic E-state index is 0.149. The fourth-order valence-corrected chi connectivity index (χ4v) is 2.60. The number of anilines is 1. The number of aromatic nitrogens is 1. The monoisotopic (exact) mass is 315 g/mol. The van der Waals surface area contributed by atoms with Crippen molar-refractivity contribution in [1.82, 2.24) is 10.3 Å². The lowest BCUT2D eigenvalue weighted by Crippen LogP contribution is -2.38. The Morgan fingerprint density at radius 1 is 1.23 bits per heavy atom. The van der Waals surface area contributed by atoms with Crippen molar-refractivity contribution in [2.24, 2.45) is 0 Å². The molecular formula is C16H14ClN3O2. The average molecular weight is 316 g/mol. The van der Waals surface area contributed by atoms with E-state index in [2.05, 4.69) is 10.3 Å². The summed E-state index contributed by atoms with van der Waals surface area (Å²) in [6.07, 6.45) is 3.53. The first-order chi connectivity index (χ1) is 10.6. The molecule has 1 unspecified atom stereocenters. The normalized spacial score (nSPS) is 18.0. The highest BCUT2D eigenvalue weighted by Crippen LogP contribution is 2.25. The number of halogens is 1. The van der Waals surface area contributed by atoms with Crippen molar-refractivity contribution in [2.45, 2.75) is 19.0 Å². The Morgan fingerprint density at radius 3 is 2.73 bits per heavy atom. The summed E-state index contributed by atoms with van der Waals surface area (Å²) in [5.74, 6) is -0.471. The molecule has 0 bridgehead atoms. The van der Waals surface area contributed by atoms with Gasteiger partial charge in [0.1, 0.15) is 0 Å². The molecule has 2 aromatic rings. The number of pyridine rings is 1. The summed E-state index contributed by atoms with van der Waals surface area (Å²) in [7, 11) is 0. The molecular weight excluding hydrogens is 302 g/mol. The minimum atomic E-state index is -0.514. The second kappa shape index (κ2) is 6.25. The molecule has 0 aliphatic carbocycles. The summed E-state index contributed by atoms with van der Waals surface area (Å²) in [6.45, 7) is 0.510. The molecule has 1 atom stereocenters. The summed E-state index contributed by atoms with van der Waals surface area (Å²) in [4.78, 5) is 29.7. The molecule has 2 heterocycles. The number of benzene rings is 1. The predicted molar refractivity (Wildman–Crippen MR) is 83.4 cm³/mol. The van der Waals surface area contributed by atoms with E-state index in [0.717, 1.165) is 5.56 Å². The maximum Gasteiger partial charge on any atom is 0.251 e. The van der Waals surface area contributed by atoms with E-state index >= 15 is 0 Å². The van der Waals surface area contributed by atoms with Gasteiger partial charge in [0.15, 0.2) is 0 Å². The largest absolute Gasteiger partial charge is 0.301 e. The Labute approximate surface area is 132 Å². The van der Waals surface area contributed by atoms with Crippen LogP contribution >= 0.6 is 11.6 Å². The summed E-state index contributed by atoms with van der Waals surface area (Å²) in [5, 5.41) is 3.61. The Kier molecular flexibility index (Phi) is 4.18. The summed E-state index contributed by atoms with van der Waals surface area (Å²) < 4.78 is 0. The number of nitrogens with zero attached hydrogens (tertiary/aromatic N) is 2. The fourth-order valence-electron chi connectivity index (χ4n) is 2.42. The number of imide groups is 1. The molecule has 1 aliphatic heterocycles. The van der Waals surface area contributed by atoms with Gasteiger partial charge in [0.05, 0.1) is 18.2 Å².